The quantitative estimate of drug-likeness (QED) is 0.376. The van der Waals surface area contributed by atoms with Crippen LogP contribution in [0.4, 0.5) is 4.39 Å². The third kappa shape index (κ3) is 5.01. The van der Waals surface area contributed by atoms with Gasteiger partial charge in [-0.2, -0.15) is 0 Å². The molecule has 0 bridgehead atoms. The molecule has 0 saturated carbocycles. The molecular weight excluding hydrogens is 437 g/mol. The molecule has 0 spiro atoms. The smallest absolute Gasteiger partial charge is 0.251 e. The first-order chi connectivity index (χ1) is 14.9. The number of rotatable bonds is 8. The zero-order chi connectivity index (χ0) is 21.8. The van der Waals surface area contributed by atoms with E-state index in [9.17, 15) is 17.6 Å². The third-order valence-corrected chi connectivity index (χ3v) is 7.15. The maximum Gasteiger partial charge on any atom is 0.251 e. The summed E-state index contributed by atoms with van der Waals surface area (Å²) in [6, 6.07) is 14.1. The fourth-order valence-electron chi connectivity index (χ4n) is 3.23. The second kappa shape index (κ2) is 9.01. The Morgan fingerprint density at radius 2 is 1.90 bits per heavy atom. The molecule has 3 N–H and O–H groups in total. The van der Waals surface area contributed by atoms with Crippen molar-refractivity contribution in [3.05, 3.63) is 88.0 Å². The number of carbonyl (C=O) groups is 1. The number of hydrogen-bond donors (Lipinski definition) is 3. The molecule has 160 valence electrons. The van der Waals surface area contributed by atoms with Gasteiger partial charge in [0.1, 0.15) is 5.82 Å². The summed E-state index contributed by atoms with van der Waals surface area (Å²) >= 11 is 1.47. The Balaban J connectivity index is 1.33. The highest BCUT2D eigenvalue weighted by molar-refractivity contribution is 7.89. The van der Waals surface area contributed by atoms with Crippen LogP contribution in [0.15, 0.2) is 71.1 Å². The summed E-state index contributed by atoms with van der Waals surface area (Å²) in [5, 5.41) is 5.63. The van der Waals surface area contributed by atoms with Crippen molar-refractivity contribution in [2.24, 2.45) is 0 Å². The van der Waals surface area contributed by atoms with Gasteiger partial charge in [0.2, 0.25) is 10.0 Å². The molecule has 0 unspecified atom stereocenters. The summed E-state index contributed by atoms with van der Waals surface area (Å²) in [4.78, 5) is 16.4. The van der Waals surface area contributed by atoms with Crippen LogP contribution in [0.2, 0.25) is 0 Å². The fraction of sp³-hybridized carbons (Fsp3) is 0.136. The molecular formula is C22H20FN3O3S2. The zero-order valence-corrected chi connectivity index (χ0v) is 18.0. The second-order valence-electron chi connectivity index (χ2n) is 6.94. The van der Waals surface area contributed by atoms with E-state index >= 15 is 0 Å². The average molecular weight is 458 g/mol. The van der Waals surface area contributed by atoms with Gasteiger partial charge in [-0.1, -0.05) is 6.07 Å². The van der Waals surface area contributed by atoms with E-state index in [1.54, 1.807) is 12.3 Å². The summed E-state index contributed by atoms with van der Waals surface area (Å²) < 4.78 is 40.6. The highest BCUT2D eigenvalue weighted by atomic mass is 32.2. The number of fused-ring (bicyclic) bond motifs is 1. The molecule has 4 rings (SSSR count). The number of hydrogen-bond acceptors (Lipinski definition) is 4. The maximum atomic E-state index is 13.3. The van der Waals surface area contributed by atoms with Crippen LogP contribution in [0.1, 0.15) is 20.8 Å². The van der Waals surface area contributed by atoms with Crippen molar-refractivity contribution in [1.82, 2.24) is 15.0 Å². The van der Waals surface area contributed by atoms with Crippen molar-refractivity contribution < 1.29 is 17.6 Å². The third-order valence-electron chi connectivity index (χ3n) is 4.85. The van der Waals surface area contributed by atoms with Crippen molar-refractivity contribution in [1.29, 1.82) is 0 Å². The predicted molar refractivity (Wildman–Crippen MR) is 119 cm³/mol. The van der Waals surface area contributed by atoms with E-state index in [0.717, 1.165) is 15.8 Å². The highest BCUT2D eigenvalue weighted by Crippen LogP contribution is 2.19. The minimum absolute atomic E-state index is 0.103. The Morgan fingerprint density at radius 3 is 2.65 bits per heavy atom. The number of aromatic amines is 1. The summed E-state index contributed by atoms with van der Waals surface area (Å²) in [6.45, 7) is 0.619. The lowest BCUT2D eigenvalue weighted by molar-refractivity contribution is 0.0954. The number of amides is 1. The molecule has 0 fully saturated rings. The number of carbonyl (C=O) groups excluding carboxylic acids is 1. The van der Waals surface area contributed by atoms with Crippen molar-refractivity contribution in [2.45, 2.75) is 17.9 Å². The molecule has 0 aliphatic heterocycles. The monoisotopic (exact) mass is 457 g/mol. The van der Waals surface area contributed by atoms with E-state index in [-0.39, 0.29) is 23.2 Å². The van der Waals surface area contributed by atoms with Gasteiger partial charge in [-0.3, -0.25) is 4.79 Å². The topological polar surface area (TPSA) is 91.1 Å². The van der Waals surface area contributed by atoms with Gasteiger partial charge in [-0.25, -0.2) is 17.5 Å². The average Bonchev–Trinajstić information content (AvgIpc) is 3.42. The fourth-order valence-corrected chi connectivity index (χ4v) is 4.97. The molecule has 2 heterocycles. The first-order valence-electron chi connectivity index (χ1n) is 9.58. The number of aromatic nitrogens is 1. The summed E-state index contributed by atoms with van der Waals surface area (Å²) in [5.74, 6) is -0.595. The van der Waals surface area contributed by atoms with E-state index in [1.807, 2.05) is 17.5 Å². The van der Waals surface area contributed by atoms with Gasteiger partial charge in [-0.15, -0.1) is 11.3 Å². The molecule has 0 aliphatic rings. The predicted octanol–water partition coefficient (Wildman–Crippen LogP) is 3.82. The van der Waals surface area contributed by atoms with E-state index in [2.05, 4.69) is 15.0 Å². The van der Waals surface area contributed by atoms with Gasteiger partial charge in [0.05, 0.1) is 4.90 Å². The van der Waals surface area contributed by atoms with E-state index in [1.165, 1.54) is 47.7 Å². The molecule has 0 saturated heterocycles. The van der Waals surface area contributed by atoms with Gasteiger partial charge < -0.3 is 10.3 Å². The second-order valence-corrected chi connectivity index (χ2v) is 9.74. The standard InChI is InChI=1S/C22H20FN3O3S2/c23-17-5-8-20-16(13-25-21(20)12-17)9-10-24-22(27)15-3-6-19(7-4-15)31(28,29)26-14-18-2-1-11-30-18/h1-8,11-13,25-26H,9-10,14H2,(H,24,27). The first kappa shape index (κ1) is 21.2. The Bertz CT molecular complexity index is 1300. The lowest BCUT2D eigenvalue weighted by atomic mass is 10.1. The van der Waals surface area contributed by atoms with Gasteiger partial charge in [0, 0.05) is 40.6 Å². The molecule has 2 aromatic heterocycles. The Hall–Kier alpha value is -3.01. The number of halogens is 1. The minimum atomic E-state index is -3.65. The molecule has 31 heavy (non-hydrogen) atoms. The first-order valence-corrected chi connectivity index (χ1v) is 11.9. The van der Waals surface area contributed by atoms with Crippen molar-refractivity contribution in [2.75, 3.05) is 6.54 Å². The van der Waals surface area contributed by atoms with Crippen LogP contribution in [0.5, 0.6) is 0 Å². The van der Waals surface area contributed by atoms with E-state index in [4.69, 9.17) is 0 Å². The SMILES string of the molecule is O=C(NCCc1c[nH]c2cc(F)ccc12)c1ccc(S(=O)(=O)NCc2cccs2)cc1. The Kier molecular flexibility index (Phi) is 6.17. The lowest BCUT2D eigenvalue weighted by Gasteiger charge is -2.08. The van der Waals surface area contributed by atoms with Crippen LogP contribution < -0.4 is 10.0 Å². The van der Waals surface area contributed by atoms with E-state index in [0.29, 0.717) is 24.0 Å². The molecule has 0 atom stereocenters. The summed E-state index contributed by atoms with van der Waals surface area (Å²) in [7, 11) is -3.65. The molecule has 1 amide bonds. The van der Waals surface area contributed by atoms with Crippen LogP contribution >= 0.6 is 11.3 Å². The molecule has 2 aromatic carbocycles. The number of sulfonamides is 1. The van der Waals surface area contributed by atoms with Crippen molar-refractivity contribution in [3.8, 4) is 0 Å². The Labute approximate surface area is 183 Å². The lowest BCUT2D eigenvalue weighted by Crippen LogP contribution is -2.26. The van der Waals surface area contributed by atoms with E-state index < -0.39 is 10.0 Å². The molecule has 9 heteroatoms. The maximum absolute atomic E-state index is 13.3. The van der Waals surface area contributed by atoms with Gasteiger partial charge >= 0.3 is 0 Å². The summed E-state index contributed by atoms with van der Waals surface area (Å²) in [6.07, 6.45) is 2.38. The van der Waals surface area contributed by atoms with Gasteiger partial charge in [0.25, 0.3) is 5.91 Å². The van der Waals surface area contributed by atoms with Crippen LogP contribution in [-0.2, 0) is 23.0 Å². The van der Waals surface area contributed by atoms with Crippen LogP contribution in [-0.4, -0.2) is 25.9 Å². The number of thiophene rings is 1. The van der Waals surface area contributed by atoms with Gasteiger partial charge in [-0.05, 0) is 65.9 Å². The highest BCUT2D eigenvalue weighted by Gasteiger charge is 2.15. The normalized spacial score (nSPS) is 11.6. The van der Waals surface area contributed by atoms with Crippen LogP contribution in [0, 0.1) is 5.82 Å². The van der Waals surface area contributed by atoms with Crippen LogP contribution in [0.3, 0.4) is 0 Å². The van der Waals surface area contributed by atoms with Gasteiger partial charge in [0.15, 0.2) is 0 Å². The molecule has 0 radical (unpaired) electrons. The number of H-pyrrole nitrogens is 1. The van der Waals surface area contributed by atoms with Crippen molar-refractivity contribution in [3.63, 3.8) is 0 Å². The zero-order valence-electron chi connectivity index (χ0n) is 16.4. The molecule has 4 aromatic rings. The van der Waals surface area contributed by atoms with Crippen LogP contribution in [0.25, 0.3) is 10.9 Å². The van der Waals surface area contributed by atoms with Crippen molar-refractivity contribution >= 4 is 38.2 Å². The number of benzene rings is 2. The number of nitrogens with one attached hydrogen (secondary N) is 3. The minimum Gasteiger partial charge on any atom is -0.361 e. The molecule has 0 aliphatic carbocycles. The summed E-state index contributed by atoms with van der Waals surface area (Å²) in [5.41, 5.74) is 2.07. The largest absolute Gasteiger partial charge is 0.361 e. The molecule has 6 nitrogen and oxygen atoms in total. The Morgan fingerprint density at radius 1 is 1.10 bits per heavy atom.